The van der Waals surface area contributed by atoms with Gasteiger partial charge in [-0.25, -0.2) is 0 Å². The minimum atomic E-state index is -1.61. The Balaban J connectivity index is 2.03. The predicted molar refractivity (Wildman–Crippen MR) is 315 cm³/mol. The molecule has 0 radical (unpaired) electrons. The molecule has 75 heavy (non-hydrogen) atoms. The summed E-state index contributed by atoms with van der Waals surface area (Å²) >= 11 is 0. The first-order valence-electron chi connectivity index (χ1n) is 33.0. The van der Waals surface area contributed by atoms with Gasteiger partial charge in [-0.2, -0.15) is 0 Å². The predicted octanol–water partition coefficient (Wildman–Crippen LogP) is 16.1. The quantitative estimate of drug-likeness (QED) is 0.0232. The van der Waals surface area contributed by atoms with Gasteiger partial charge >= 0.3 is 0 Å². The van der Waals surface area contributed by atoms with Crippen LogP contribution in [-0.2, 0) is 14.3 Å². The summed E-state index contributed by atoms with van der Waals surface area (Å²) in [5, 5.41) is 65.0. The number of carbonyl (C=O) groups excluding carboxylic acids is 1. The molecule has 0 aromatic rings. The van der Waals surface area contributed by atoms with E-state index in [4.69, 9.17) is 9.47 Å². The number of aliphatic hydroxyl groups is 6. The van der Waals surface area contributed by atoms with Crippen LogP contribution in [0.5, 0.6) is 0 Å². The van der Waals surface area contributed by atoms with Gasteiger partial charge in [-0.05, 0) is 19.3 Å². The Hall–Kier alpha value is -1.11. The molecule has 8 unspecified atom stereocenters. The van der Waals surface area contributed by atoms with Crippen LogP contribution in [0.25, 0.3) is 0 Å². The number of amides is 1. The maximum atomic E-state index is 13.1. The fourth-order valence-electron chi connectivity index (χ4n) is 10.9. The van der Waals surface area contributed by atoms with Crippen molar-refractivity contribution in [2.45, 2.75) is 384 Å². The molecule has 1 aliphatic heterocycles. The zero-order valence-electron chi connectivity index (χ0n) is 49.5. The second-order valence-corrected chi connectivity index (χ2v) is 23.4. The summed E-state index contributed by atoms with van der Waals surface area (Å²) in [7, 11) is 0. The fraction of sp³-hybridized carbons (Fsp3) is 0.954. The van der Waals surface area contributed by atoms with E-state index in [9.17, 15) is 35.4 Å². The van der Waals surface area contributed by atoms with Gasteiger partial charge in [0.25, 0.3) is 0 Å². The van der Waals surface area contributed by atoms with Gasteiger partial charge in [0.1, 0.15) is 30.5 Å². The zero-order valence-corrected chi connectivity index (χ0v) is 49.5. The highest BCUT2D eigenvalue weighted by Gasteiger charge is 2.44. The third-order valence-corrected chi connectivity index (χ3v) is 16.2. The molecule has 0 spiro atoms. The van der Waals surface area contributed by atoms with Crippen LogP contribution in [0, 0.1) is 0 Å². The third-order valence-electron chi connectivity index (χ3n) is 16.2. The van der Waals surface area contributed by atoms with Gasteiger partial charge in [0, 0.05) is 0 Å². The maximum Gasteiger partial charge on any atom is 0.249 e. The Morgan fingerprint density at radius 3 is 1.08 bits per heavy atom. The van der Waals surface area contributed by atoms with Crippen LogP contribution in [-0.4, -0.2) is 98.7 Å². The molecule has 10 nitrogen and oxygen atoms in total. The molecule has 0 aromatic carbocycles. The summed E-state index contributed by atoms with van der Waals surface area (Å²) in [6.45, 7) is 3.64. The van der Waals surface area contributed by atoms with Crippen molar-refractivity contribution in [1.29, 1.82) is 0 Å². The van der Waals surface area contributed by atoms with Crippen molar-refractivity contribution in [2.75, 3.05) is 13.2 Å². The van der Waals surface area contributed by atoms with E-state index in [1.165, 1.54) is 270 Å². The van der Waals surface area contributed by atoms with E-state index >= 15 is 0 Å². The van der Waals surface area contributed by atoms with Gasteiger partial charge in [-0.1, -0.05) is 328 Å². The minimum Gasteiger partial charge on any atom is -0.394 e. The van der Waals surface area contributed by atoms with Crippen LogP contribution in [0.4, 0.5) is 0 Å². The smallest absolute Gasteiger partial charge is 0.249 e. The van der Waals surface area contributed by atoms with Gasteiger partial charge in [0.2, 0.25) is 5.91 Å². The number of carbonyl (C=O) groups is 1. The molecule has 0 bridgehead atoms. The first kappa shape index (κ1) is 71.9. The van der Waals surface area contributed by atoms with Crippen molar-refractivity contribution in [1.82, 2.24) is 5.32 Å². The van der Waals surface area contributed by atoms with Crippen LogP contribution in [0.1, 0.15) is 335 Å². The van der Waals surface area contributed by atoms with Gasteiger partial charge in [-0.15, -0.1) is 0 Å². The van der Waals surface area contributed by atoms with Gasteiger partial charge < -0.3 is 45.4 Å². The standard InChI is InChI=1S/C65H127NO9/c1-3-5-7-9-11-13-15-17-18-19-20-21-22-23-24-25-26-27-28-29-30-31-32-33-34-35-36-37-38-39-40-41-42-44-46-48-50-52-54-59(69)64(73)66-57(56-74-65-63(72)62(71)61(70)60(55-67)75-65)58(68)53-51-49-47-45-43-16-14-12-10-8-6-4-2/h51,53,57-63,65,67-72H,3-50,52,54-56H2,1-2H3,(H,66,73)/b53-51+. The highest BCUT2D eigenvalue weighted by molar-refractivity contribution is 5.80. The van der Waals surface area contributed by atoms with Gasteiger partial charge in [-0.3, -0.25) is 4.79 Å². The summed E-state index contributed by atoms with van der Waals surface area (Å²) in [6.07, 6.45) is 59.5. The molecule has 0 aliphatic carbocycles. The highest BCUT2D eigenvalue weighted by Crippen LogP contribution is 2.23. The lowest BCUT2D eigenvalue weighted by molar-refractivity contribution is -0.302. The maximum absolute atomic E-state index is 13.1. The summed E-state index contributed by atoms with van der Waals surface area (Å²) in [5.41, 5.74) is 0. The lowest BCUT2D eigenvalue weighted by Crippen LogP contribution is -2.60. The molecule has 1 rings (SSSR count). The van der Waals surface area contributed by atoms with Crippen LogP contribution in [0.3, 0.4) is 0 Å². The van der Waals surface area contributed by atoms with Gasteiger partial charge in [0.05, 0.1) is 25.4 Å². The fourth-order valence-corrected chi connectivity index (χ4v) is 10.9. The molecule has 1 amide bonds. The van der Waals surface area contributed by atoms with E-state index in [2.05, 4.69) is 19.2 Å². The number of hydrogen-bond donors (Lipinski definition) is 7. The number of hydrogen-bond acceptors (Lipinski definition) is 9. The average molecular weight is 1070 g/mol. The van der Waals surface area contributed by atoms with E-state index in [1.807, 2.05) is 6.08 Å². The number of nitrogens with one attached hydrogen (secondary N) is 1. The van der Waals surface area contributed by atoms with E-state index in [1.54, 1.807) is 6.08 Å². The summed E-state index contributed by atoms with van der Waals surface area (Å²) in [4.78, 5) is 13.1. The molecule has 1 saturated heterocycles. The largest absolute Gasteiger partial charge is 0.394 e. The third kappa shape index (κ3) is 43.4. The lowest BCUT2D eigenvalue weighted by Gasteiger charge is -2.40. The van der Waals surface area contributed by atoms with Crippen molar-refractivity contribution < 1.29 is 44.9 Å². The van der Waals surface area contributed by atoms with Crippen molar-refractivity contribution >= 4 is 5.91 Å². The number of unbranched alkanes of at least 4 members (excludes halogenated alkanes) is 47. The summed E-state index contributed by atoms with van der Waals surface area (Å²) < 4.78 is 11.2. The highest BCUT2D eigenvalue weighted by atomic mass is 16.7. The van der Waals surface area contributed by atoms with Crippen LogP contribution in [0.2, 0.25) is 0 Å². The Morgan fingerprint density at radius 2 is 0.760 bits per heavy atom. The SMILES string of the molecule is CCCCCCCCCCCC/C=C/C(O)C(COC1OC(CO)C(O)C(O)C1O)NC(=O)C(O)CCCCCCCCCCCCCCCCCCCCCCCCCCCCCCCCCCCCCCCC. The number of rotatable bonds is 58. The summed E-state index contributed by atoms with van der Waals surface area (Å²) in [6, 6.07) is -0.976. The second-order valence-electron chi connectivity index (χ2n) is 23.4. The normalized spacial score (nSPS) is 19.3. The number of aliphatic hydroxyl groups excluding tert-OH is 6. The van der Waals surface area contributed by atoms with E-state index in [-0.39, 0.29) is 6.61 Å². The molecule has 446 valence electrons. The minimum absolute atomic E-state index is 0.301. The molecular weight excluding hydrogens is 939 g/mol. The Kier molecular flexibility index (Phi) is 52.6. The molecule has 8 atom stereocenters. The van der Waals surface area contributed by atoms with Crippen LogP contribution in [0.15, 0.2) is 12.2 Å². The van der Waals surface area contributed by atoms with Crippen molar-refractivity contribution in [3.05, 3.63) is 12.2 Å². The summed E-state index contributed by atoms with van der Waals surface area (Å²) in [5.74, 6) is -0.610. The molecular formula is C65H127NO9. The molecule has 7 N–H and O–H groups in total. The average Bonchev–Trinajstić information content (AvgIpc) is 3.41. The molecule has 1 aliphatic rings. The van der Waals surface area contributed by atoms with Crippen LogP contribution < -0.4 is 5.32 Å². The Labute approximate surface area is 463 Å². The molecule has 0 saturated carbocycles. The lowest BCUT2D eigenvalue weighted by atomic mass is 9.99. The van der Waals surface area contributed by atoms with E-state index < -0.39 is 61.5 Å². The van der Waals surface area contributed by atoms with Crippen molar-refractivity contribution in [2.24, 2.45) is 0 Å². The monoisotopic (exact) mass is 1070 g/mol. The van der Waals surface area contributed by atoms with E-state index in [0.717, 1.165) is 44.9 Å². The zero-order chi connectivity index (χ0) is 54.5. The molecule has 10 heteroatoms. The Bertz CT molecular complexity index is 1210. The molecule has 1 heterocycles. The second kappa shape index (κ2) is 54.8. The number of allylic oxidation sites excluding steroid dienone is 1. The first-order valence-corrected chi connectivity index (χ1v) is 33.0. The molecule has 1 fully saturated rings. The number of ether oxygens (including phenoxy) is 2. The van der Waals surface area contributed by atoms with Gasteiger partial charge in [0.15, 0.2) is 6.29 Å². The van der Waals surface area contributed by atoms with Crippen LogP contribution >= 0.6 is 0 Å². The van der Waals surface area contributed by atoms with E-state index in [0.29, 0.717) is 6.42 Å². The van der Waals surface area contributed by atoms with Crippen molar-refractivity contribution in [3.63, 3.8) is 0 Å². The van der Waals surface area contributed by atoms with Crippen molar-refractivity contribution in [3.8, 4) is 0 Å². The first-order chi connectivity index (χ1) is 36.8. The Morgan fingerprint density at radius 1 is 0.453 bits per heavy atom. The molecule has 0 aromatic heterocycles. The topological polar surface area (TPSA) is 169 Å².